The summed E-state index contributed by atoms with van der Waals surface area (Å²) in [7, 11) is 1.58. The van der Waals surface area contributed by atoms with Crippen molar-refractivity contribution >= 4 is 16.7 Å². The quantitative estimate of drug-likeness (QED) is 0.838. The molecule has 0 unspecified atom stereocenters. The lowest BCUT2D eigenvalue weighted by atomic mass is 10.1. The molecule has 0 radical (unpaired) electrons. The van der Waals surface area contributed by atoms with Crippen molar-refractivity contribution in [2.45, 2.75) is 6.92 Å². The van der Waals surface area contributed by atoms with Gasteiger partial charge in [0.05, 0.1) is 7.11 Å². The number of hydrogen-bond acceptors (Lipinski definition) is 3. The molecule has 0 saturated carbocycles. The number of methoxy groups -OCH3 is 1. The van der Waals surface area contributed by atoms with Crippen molar-refractivity contribution in [3.8, 4) is 5.75 Å². The Morgan fingerprint density at radius 1 is 1.38 bits per heavy atom. The van der Waals surface area contributed by atoms with E-state index in [2.05, 4.69) is 4.98 Å². The van der Waals surface area contributed by atoms with Crippen LogP contribution in [0.25, 0.3) is 10.8 Å². The number of aryl methyl sites for hydroxylation is 1. The van der Waals surface area contributed by atoms with Crippen LogP contribution in [0.4, 0.5) is 0 Å². The number of carboxylic acid groups (broad SMARTS) is 1. The van der Waals surface area contributed by atoms with Crippen molar-refractivity contribution in [3.05, 3.63) is 35.7 Å². The minimum Gasteiger partial charge on any atom is -0.497 e. The van der Waals surface area contributed by atoms with Crippen molar-refractivity contribution in [2.24, 2.45) is 0 Å². The highest BCUT2D eigenvalue weighted by molar-refractivity contribution is 6.02. The zero-order valence-electron chi connectivity index (χ0n) is 9.02. The van der Waals surface area contributed by atoms with Crippen LogP contribution >= 0.6 is 0 Å². The number of hydrogen-bond donors (Lipinski definition) is 1. The second kappa shape index (κ2) is 3.81. The minimum absolute atomic E-state index is 0.0812. The zero-order chi connectivity index (χ0) is 11.7. The van der Waals surface area contributed by atoms with Crippen LogP contribution in [-0.2, 0) is 0 Å². The van der Waals surface area contributed by atoms with Crippen LogP contribution in [0.15, 0.2) is 24.3 Å². The molecule has 0 aliphatic heterocycles. The third kappa shape index (κ3) is 1.69. The molecular formula is C12H11NO3. The van der Waals surface area contributed by atoms with Gasteiger partial charge in [-0.25, -0.2) is 9.78 Å². The standard InChI is InChI=1S/C12H11NO3/c1-7-5-8-6-9(16-2)3-4-10(8)11(13-7)12(14)15/h3-6H,1-2H3,(H,14,15). The molecule has 2 aromatic rings. The number of ether oxygens (including phenoxy) is 1. The minimum atomic E-state index is -1.01. The number of benzene rings is 1. The summed E-state index contributed by atoms with van der Waals surface area (Å²) in [5.74, 6) is -0.312. The number of aromatic carboxylic acids is 1. The van der Waals surface area contributed by atoms with Gasteiger partial charge in [-0.2, -0.15) is 0 Å². The van der Waals surface area contributed by atoms with E-state index in [-0.39, 0.29) is 5.69 Å². The Balaban J connectivity index is 2.78. The average molecular weight is 217 g/mol. The summed E-state index contributed by atoms with van der Waals surface area (Å²) in [6.07, 6.45) is 0. The van der Waals surface area contributed by atoms with E-state index in [1.165, 1.54) is 0 Å². The van der Waals surface area contributed by atoms with Crippen molar-refractivity contribution < 1.29 is 14.6 Å². The predicted octanol–water partition coefficient (Wildman–Crippen LogP) is 2.25. The van der Waals surface area contributed by atoms with E-state index in [1.807, 2.05) is 6.07 Å². The lowest BCUT2D eigenvalue weighted by Gasteiger charge is -2.06. The fraction of sp³-hybridized carbons (Fsp3) is 0.167. The molecule has 4 heteroatoms. The van der Waals surface area contributed by atoms with Gasteiger partial charge in [0.2, 0.25) is 0 Å². The number of aromatic nitrogens is 1. The number of pyridine rings is 1. The summed E-state index contributed by atoms with van der Waals surface area (Å²) in [4.78, 5) is 15.0. The molecule has 82 valence electrons. The Bertz CT molecular complexity index is 563. The fourth-order valence-corrected chi connectivity index (χ4v) is 1.66. The maximum atomic E-state index is 11.0. The van der Waals surface area contributed by atoms with E-state index in [0.717, 1.165) is 5.39 Å². The summed E-state index contributed by atoms with van der Waals surface area (Å²) in [6, 6.07) is 7.08. The van der Waals surface area contributed by atoms with Gasteiger partial charge in [0.25, 0.3) is 0 Å². The van der Waals surface area contributed by atoms with E-state index in [9.17, 15) is 4.79 Å². The van der Waals surface area contributed by atoms with E-state index < -0.39 is 5.97 Å². The van der Waals surface area contributed by atoms with E-state index in [0.29, 0.717) is 16.8 Å². The van der Waals surface area contributed by atoms with Gasteiger partial charge in [-0.1, -0.05) is 0 Å². The van der Waals surface area contributed by atoms with Crippen LogP contribution in [0.5, 0.6) is 5.75 Å². The molecule has 0 amide bonds. The largest absolute Gasteiger partial charge is 0.497 e. The van der Waals surface area contributed by atoms with Crippen LogP contribution in [-0.4, -0.2) is 23.2 Å². The molecule has 0 aliphatic rings. The maximum Gasteiger partial charge on any atom is 0.355 e. The van der Waals surface area contributed by atoms with Gasteiger partial charge in [-0.15, -0.1) is 0 Å². The molecule has 4 nitrogen and oxygen atoms in total. The molecule has 1 aromatic carbocycles. The Kier molecular flexibility index (Phi) is 2.48. The zero-order valence-corrected chi connectivity index (χ0v) is 9.02. The molecule has 0 spiro atoms. The van der Waals surface area contributed by atoms with E-state index in [4.69, 9.17) is 9.84 Å². The highest BCUT2D eigenvalue weighted by Gasteiger charge is 2.11. The summed E-state index contributed by atoms with van der Waals surface area (Å²) in [5, 5.41) is 10.5. The number of fused-ring (bicyclic) bond motifs is 1. The Labute approximate surface area is 92.5 Å². The molecule has 0 fully saturated rings. The number of rotatable bonds is 2. The number of carbonyl (C=O) groups is 1. The Morgan fingerprint density at radius 3 is 2.75 bits per heavy atom. The number of nitrogens with zero attached hydrogens (tertiary/aromatic N) is 1. The van der Waals surface area contributed by atoms with Crippen LogP contribution in [0.1, 0.15) is 16.2 Å². The summed E-state index contributed by atoms with van der Waals surface area (Å²) >= 11 is 0. The van der Waals surface area contributed by atoms with E-state index in [1.54, 1.807) is 32.2 Å². The Hall–Kier alpha value is -2.10. The molecule has 0 aliphatic carbocycles. The molecule has 0 bridgehead atoms. The van der Waals surface area contributed by atoms with Crippen molar-refractivity contribution in [2.75, 3.05) is 7.11 Å². The van der Waals surface area contributed by atoms with Crippen LogP contribution < -0.4 is 4.74 Å². The first-order chi connectivity index (χ1) is 7.61. The molecule has 1 heterocycles. The van der Waals surface area contributed by atoms with Gasteiger partial charge < -0.3 is 9.84 Å². The smallest absolute Gasteiger partial charge is 0.355 e. The van der Waals surface area contributed by atoms with Crippen molar-refractivity contribution in [1.82, 2.24) is 4.98 Å². The first kappa shape index (κ1) is 10.4. The molecule has 16 heavy (non-hydrogen) atoms. The van der Waals surface area contributed by atoms with Crippen LogP contribution in [0, 0.1) is 6.92 Å². The molecule has 2 rings (SSSR count). The van der Waals surface area contributed by atoms with Crippen LogP contribution in [0.3, 0.4) is 0 Å². The van der Waals surface area contributed by atoms with E-state index >= 15 is 0 Å². The SMILES string of the molecule is COc1ccc2c(C(=O)O)nc(C)cc2c1. The van der Waals surface area contributed by atoms with Crippen molar-refractivity contribution in [1.29, 1.82) is 0 Å². The summed E-state index contributed by atoms with van der Waals surface area (Å²) in [6.45, 7) is 1.77. The van der Waals surface area contributed by atoms with Gasteiger partial charge in [0.1, 0.15) is 5.75 Å². The third-order valence-electron chi connectivity index (χ3n) is 2.37. The molecule has 1 N–H and O–H groups in total. The summed E-state index contributed by atoms with van der Waals surface area (Å²) < 4.78 is 5.09. The first-order valence-electron chi connectivity index (χ1n) is 4.80. The molecule has 0 saturated heterocycles. The molecular weight excluding hydrogens is 206 g/mol. The first-order valence-corrected chi connectivity index (χ1v) is 4.80. The number of carboxylic acids is 1. The average Bonchev–Trinajstić information content (AvgIpc) is 2.26. The van der Waals surface area contributed by atoms with Crippen LogP contribution in [0.2, 0.25) is 0 Å². The highest BCUT2D eigenvalue weighted by atomic mass is 16.5. The normalized spacial score (nSPS) is 10.4. The van der Waals surface area contributed by atoms with Crippen molar-refractivity contribution in [3.63, 3.8) is 0 Å². The third-order valence-corrected chi connectivity index (χ3v) is 2.37. The Morgan fingerprint density at radius 2 is 2.12 bits per heavy atom. The molecule has 0 atom stereocenters. The van der Waals surface area contributed by atoms with Gasteiger partial charge >= 0.3 is 5.97 Å². The second-order valence-electron chi connectivity index (χ2n) is 3.50. The maximum absolute atomic E-state index is 11.0. The predicted molar refractivity (Wildman–Crippen MR) is 60.0 cm³/mol. The lowest BCUT2D eigenvalue weighted by Crippen LogP contribution is -2.02. The fourth-order valence-electron chi connectivity index (χ4n) is 1.66. The highest BCUT2D eigenvalue weighted by Crippen LogP contribution is 2.23. The second-order valence-corrected chi connectivity index (χ2v) is 3.50. The van der Waals surface area contributed by atoms with Gasteiger partial charge in [-0.3, -0.25) is 0 Å². The van der Waals surface area contributed by atoms with Gasteiger partial charge in [-0.05, 0) is 36.6 Å². The monoisotopic (exact) mass is 217 g/mol. The van der Waals surface area contributed by atoms with Gasteiger partial charge in [0.15, 0.2) is 5.69 Å². The summed E-state index contributed by atoms with van der Waals surface area (Å²) in [5.41, 5.74) is 0.760. The molecule has 1 aromatic heterocycles. The van der Waals surface area contributed by atoms with Gasteiger partial charge in [0, 0.05) is 11.1 Å². The topological polar surface area (TPSA) is 59.4 Å². The lowest BCUT2D eigenvalue weighted by molar-refractivity contribution is 0.0692.